The Morgan fingerprint density at radius 3 is 2.76 bits per heavy atom. The number of H-pyrrole nitrogens is 1. The van der Waals surface area contributed by atoms with Gasteiger partial charge in [0.05, 0.1) is 0 Å². The van der Waals surface area contributed by atoms with E-state index in [4.69, 9.17) is 5.11 Å². The van der Waals surface area contributed by atoms with E-state index in [9.17, 15) is 14.4 Å². The van der Waals surface area contributed by atoms with Crippen LogP contribution in [0.2, 0.25) is 0 Å². The van der Waals surface area contributed by atoms with Crippen molar-refractivity contribution in [1.29, 1.82) is 0 Å². The second-order valence-corrected chi connectivity index (χ2v) is 5.31. The number of carbonyl (C=O) groups excluding carboxylic acids is 1. The average Bonchev–Trinajstić information content (AvgIpc) is 2.78. The summed E-state index contributed by atoms with van der Waals surface area (Å²) in [5.41, 5.74) is 0.683. The predicted octanol–water partition coefficient (Wildman–Crippen LogP) is -0.176. The summed E-state index contributed by atoms with van der Waals surface area (Å²) in [7, 11) is 1.72. The Morgan fingerprint density at radius 2 is 2.19 bits per heavy atom. The van der Waals surface area contributed by atoms with Crippen molar-refractivity contribution in [1.82, 2.24) is 15.2 Å². The molecule has 1 amide bonds. The molecule has 1 fully saturated rings. The lowest BCUT2D eigenvalue weighted by Crippen LogP contribution is -2.37. The number of nitrogens with zero attached hydrogens (tertiary/aromatic N) is 1. The number of likely N-dealkylation sites (tertiary alicyclic amines) is 1. The molecule has 1 aliphatic heterocycles. The van der Waals surface area contributed by atoms with E-state index in [1.807, 2.05) is 6.92 Å². The molecular formula is C14H19N3O4. The van der Waals surface area contributed by atoms with Gasteiger partial charge in [0.15, 0.2) is 0 Å². The maximum atomic E-state index is 12.2. The van der Waals surface area contributed by atoms with Crippen LogP contribution in [-0.2, 0) is 11.2 Å². The highest BCUT2D eigenvalue weighted by Gasteiger charge is 2.35. The number of nitrogens with one attached hydrogen (secondary N) is 2. The molecule has 2 rings (SSSR count). The lowest BCUT2D eigenvalue weighted by molar-refractivity contribution is -0.141. The average molecular weight is 293 g/mol. The largest absolute Gasteiger partial charge is 0.480 e. The zero-order valence-corrected chi connectivity index (χ0v) is 12.0. The summed E-state index contributed by atoms with van der Waals surface area (Å²) in [5.74, 6) is -1.24. The molecule has 0 radical (unpaired) electrons. The number of carbonyl (C=O) groups is 2. The highest BCUT2D eigenvalue weighted by molar-refractivity contribution is 5.94. The Bertz CT molecular complexity index is 610. The number of rotatable bonds is 4. The van der Waals surface area contributed by atoms with Gasteiger partial charge in [-0.25, -0.2) is 0 Å². The van der Waals surface area contributed by atoms with E-state index in [-0.39, 0.29) is 17.5 Å². The summed E-state index contributed by atoms with van der Waals surface area (Å²) in [5, 5.41) is 11.8. The summed E-state index contributed by atoms with van der Waals surface area (Å²) in [6.45, 7) is 2.36. The highest BCUT2D eigenvalue weighted by atomic mass is 16.4. The van der Waals surface area contributed by atoms with Crippen LogP contribution < -0.4 is 10.9 Å². The first-order valence-electron chi connectivity index (χ1n) is 6.88. The molecule has 114 valence electrons. The standard InChI is InChI=1S/C14H19N3O4/c1-3-9-4-8(5-12(18)15-9)13(19)16-10-6-11(14(20)21)17(2)7-10/h4-5,10-11H,3,6-7H2,1-2H3,(H,15,18)(H,16,19)(H,20,21)/t10-,11+/m1/s1. The number of aromatic amines is 1. The van der Waals surface area contributed by atoms with E-state index in [0.29, 0.717) is 30.6 Å². The molecule has 0 aliphatic carbocycles. The van der Waals surface area contributed by atoms with E-state index in [1.165, 1.54) is 6.07 Å². The molecule has 2 heterocycles. The molecule has 1 aromatic rings. The molecule has 2 atom stereocenters. The number of hydrogen-bond donors (Lipinski definition) is 3. The summed E-state index contributed by atoms with van der Waals surface area (Å²) >= 11 is 0. The number of carboxylic acid groups (broad SMARTS) is 1. The second-order valence-electron chi connectivity index (χ2n) is 5.31. The van der Waals surface area contributed by atoms with E-state index < -0.39 is 12.0 Å². The van der Waals surface area contributed by atoms with Crippen LogP contribution >= 0.6 is 0 Å². The van der Waals surface area contributed by atoms with Crippen molar-refractivity contribution in [2.45, 2.75) is 31.8 Å². The van der Waals surface area contributed by atoms with E-state index in [0.717, 1.165) is 0 Å². The van der Waals surface area contributed by atoms with Crippen LogP contribution in [-0.4, -0.2) is 52.5 Å². The van der Waals surface area contributed by atoms with Crippen molar-refractivity contribution >= 4 is 11.9 Å². The molecule has 7 heteroatoms. The van der Waals surface area contributed by atoms with Crippen molar-refractivity contribution < 1.29 is 14.7 Å². The number of carboxylic acids is 1. The Morgan fingerprint density at radius 1 is 1.48 bits per heavy atom. The predicted molar refractivity (Wildman–Crippen MR) is 76.4 cm³/mol. The van der Waals surface area contributed by atoms with Crippen molar-refractivity contribution in [2.75, 3.05) is 13.6 Å². The minimum atomic E-state index is -0.890. The molecule has 0 unspecified atom stereocenters. The minimum absolute atomic E-state index is 0.229. The van der Waals surface area contributed by atoms with Crippen LogP contribution in [0.1, 0.15) is 29.4 Å². The van der Waals surface area contributed by atoms with Gasteiger partial charge in [-0.2, -0.15) is 0 Å². The van der Waals surface area contributed by atoms with Crippen molar-refractivity contribution in [3.8, 4) is 0 Å². The van der Waals surface area contributed by atoms with Gasteiger partial charge in [0.2, 0.25) is 5.56 Å². The van der Waals surface area contributed by atoms with Gasteiger partial charge in [-0.05, 0) is 26.0 Å². The maximum Gasteiger partial charge on any atom is 0.320 e. The fraction of sp³-hybridized carbons (Fsp3) is 0.500. The van der Waals surface area contributed by atoms with Crippen LogP contribution in [0.5, 0.6) is 0 Å². The Labute approximate surface area is 122 Å². The van der Waals surface area contributed by atoms with Gasteiger partial charge in [-0.3, -0.25) is 19.3 Å². The molecule has 1 aliphatic rings. The summed E-state index contributed by atoms with van der Waals surface area (Å²) < 4.78 is 0. The maximum absolute atomic E-state index is 12.2. The van der Waals surface area contributed by atoms with Gasteiger partial charge in [-0.15, -0.1) is 0 Å². The first kappa shape index (κ1) is 15.2. The number of likely N-dealkylation sites (N-methyl/N-ethyl adjacent to an activating group) is 1. The third kappa shape index (κ3) is 3.49. The van der Waals surface area contributed by atoms with Gasteiger partial charge >= 0.3 is 5.97 Å². The highest BCUT2D eigenvalue weighted by Crippen LogP contribution is 2.16. The van der Waals surface area contributed by atoms with E-state index >= 15 is 0 Å². The Balaban J connectivity index is 2.07. The number of aromatic nitrogens is 1. The molecule has 7 nitrogen and oxygen atoms in total. The van der Waals surface area contributed by atoms with E-state index in [2.05, 4.69) is 10.3 Å². The number of amides is 1. The quantitative estimate of drug-likeness (QED) is 0.715. The van der Waals surface area contributed by atoms with Crippen molar-refractivity contribution in [2.24, 2.45) is 0 Å². The smallest absolute Gasteiger partial charge is 0.320 e. The molecule has 1 saturated heterocycles. The molecular weight excluding hydrogens is 274 g/mol. The van der Waals surface area contributed by atoms with Crippen LogP contribution in [0.3, 0.4) is 0 Å². The number of aryl methyl sites for hydroxylation is 1. The first-order chi connectivity index (χ1) is 9.90. The SMILES string of the molecule is CCc1cc(C(=O)N[C@@H]2C[C@@H](C(=O)O)N(C)C2)cc(=O)[nH]1. The fourth-order valence-corrected chi connectivity index (χ4v) is 2.58. The molecule has 0 bridgehead atoms. The minimum Gasteiger partial charge on any atom is -0.480 e. The third-order valence-corrected chi connectivity index (χ3v) is 3.71. The molecule has 3 N–H and O–H groups in total. The molecule has 1 aromatic heterocycles. The molecule has 21 heavy (non-hydrogen) atoms. The van der Waals surface area contributed by atoms with Gasteiger partial charge in [0.25, 0.3) is 5.91 Å². The summed E-state index contributed by atoms with van der Waals surface area (Å²) in [6.07, 6.45) is 0.991. The summed E-state index contributed by atoms with van der Waals surface area (Å²) in [6, 6.07) is 2.08. The number of pyridine rings is 1. The lowest BCUT2D eigenvalue weighted by Gasteiger charge is -2.13. The van der Waals surface area contributed by atoms with Crippen LogP contribution in [0.4, 0.5) is 0 Å². The molecule has 0 aromatic carbocycles. The van der Waals surface area contributed by atoms with Crippen LogP contribution in [0, 0.1) is 0 Å². The zero-order valence-electron chi connectivity index (χ0n) is 12.0. The second kappa shape index (κ2) is 6.09. The monoisotopic (exact) mass is 293 g/mol. The lowest BCUT2D eigenvalue weighted by atomic mass is 10.1. The number of aliphatic carboxylic acids is 1. The molecule has 0 spiro atoms. The van der Waals surface area contributed by atoms with Gasteiger partial charge in [0, 0.05) is 29.9 Å². The first-order valence-corrected chi connectivity index (χ1v) is 6.88. The van der Waals surface area contributed by atoms with Crippen LogP contribution in [0.25, 0.3) is 0 Å². The van der Waals surface area contributed by atoms with Gasteiger partial charge in [-0.1, -0.05) is 6.92 Å². The van der Waals surface area contributed by atoms with Gasteiger partial charge in [0.1, 0.15) is 6.04 Å². The van der Waals surface area contributed by atoms with Crippen LogP contribution in [0.15, 0.2) is 16.9 Å². The van der Waals surface area contributed by atoms with Gasteiger partial charge < -0.3 is 15.4 Å². The zero-order chi connectivity index (χ0) is 15.6. The fourth-order valence-electron chi connectivity index (χ4n) is 2.58. The van der Waals surface area contributed by atoms with Crippen molar-refractivity contribution in [3.05, 3.63) is 33.7 Å². The third-order valence-electron chi connectivity index (χ3n) is 3.71. The topological polar surface area (TPSA) is 102 Å². The number of hydrogen-bond acceptors (Lipinski definition) is 4. The molecule has 0 saturated carbocycles. The van der Waals surface area contributed by atoms with E-state index in [1.54, 1.807) is 18.0 Å². The summed E-state index contributed by atoms with van der Waals surface area (Å²) in [4.78, 5) is 39.1. The normalized spacial score (nSPS) is 22.2. The van der Waals surface area contributed by atoms with Crippen molar-refractivity contribution in [3.63, 3.8) is 0 Å². The Hall–Kier alpha value is -2.15. The Kier molecular flexibility index (Phi) is 4.42.